The molecule has 172 valence electrons. The first kappa shape index (κ1) is 22.5. The quantitative estimate of drug-likeness (QED) is 0.589. The van der Waals surface area contributed by atoms with E-state index < -0.39 is 27.7 Å². The van der Waals surface area contributed by atoms with Gasteiger partial charge in [-0.05, 0) is 29.8 Å². The van der Waals surface area contributed by atoms with Gasteiger partial charge in [0.2, 0.25) is 15.9 Å². The Morgan fingerprint density at radius 3 is 2.73 bits per heavy atom. The molecule has 0 bridgehead atoms. The third-order valence-corrected chi connectivity index (χ3v) is 6.70. The lowest BCUT2D eigenvalue weighted by Crippen LogP contribution is -2.26. The van der Waals surface area contributed by atoms with E-state index in [2.05, 4.69) is 10.3 Å². The SMILES string of the molecule is CC(=O)Nc1cc(F)ccc1CN1Cc2c(c(O)c3ncccc3c2N(C)S(C)(=O)=O)C1=O. The fourth-order valence-corrected chi connectivity index (χ4v) is 4.52. The number of carbonyl (C=O) groups excluding carboxylic acids is 2. The number of aromatic hydroxyl groups is 1. The summed E-state index contributed by atoms with van der Waals surface area (Å²) in [6.07, 6.45) is 2.48. The molecule has 2 heterocycles. The van der Waals surface area contributed by atoms with Crippen molar-refractivity contribution in [2.75, 3.05) is 22.9 Å². The second-order valence-electron chi connectivity index (χ2n) is 7.82. The number of nitrogens with zero attached hydrogens (tertiary/aromatic N) is 3. The van der Waals surface area contributed by atoms with Crippen LogP contribution in [0.4, 0.5) is 15.8 Å². The highest BCUT2D eigenvalue weighted by Gasteiger charge is 2.37. The minimum Gasteiger partial charge on any atom is -0.505 e. The van der Waals surface area contributed by atoms with Gasteiger partial charge in [-0.3, -0.25) is 18.9 Å². The molecule has 0 aliphatic carbocycles. The first-order valence-electron chi connectivity index (χ1n) is 9.90. The van der Waals surface area contributed by atoms with E-state index in [1.807, 2.05) is 0 Å². The zero-order valence-corrected chi connectivity index (χ0v) is 18.9. The van der Waals surface area contributed by atoms with Gasteiger partial charge in [0.05, 0.1) is 17.5 Å². The zero-order valence-electron chi connectivity index (χ0n) is 18.1. The molecule has 1 aliphatic rings. The van der Waals surface area contributed by atoms with Crippen molar-refractivity contribution in [3.05, 3.63) is 59.0 Å². The topological polar surface area (TPSA) is 120 Å². The van der Waals surface area contributed by atoms with E-state index in [-0.39, 0.29) is 41.3 Å². The number of anilines is 2. The number of halogens is 1. The predicted octanol–water partition coefficient (Wildman–Crippen LogP) is 2.59. The third kappa shape index (κ3) is 3.95. The number of phenolic OH excluding ortho intramolecular Hbond substituents is 1. The first-order valence-corrected chi connectivity index (χ1v) is 11.8. The smallest absolute Gasteiger partial charge is 0.258 e. The Labute approximate surface area is 189 Å². The van der Waals surface area contributed by atoms with Crippen LogP contribution in [0.2, 0.25) is 0 Å². The van der Waals surface area contributed by atoms with Gasteiger partial charge in [-0.25, -0.2) is 12.8 Å². The van der Waals surface area contributed by atoms with Crippen molar-refractivity contribution >= 4 is 44.1 Å². The van der Waals surface area contributed by atoms with Crippen LogP contribution in [0.3, 0.4) is 0 Å². The van der Waals surface area contributed by atoms with E-state index in [0.717, 1.165) is 16.6 Å². The Balaban J connectivity index is 1.84. The number of hydrogen-bond acceptors (Lipinski definition) is 6. The van der Waals surface area contributed by atoms with Crippen molar-refractivity contribution in [1.82, 2.24) is 9.88 Å². The zero-order chi connectivity index (χ0) is 24.1. The minimum absolute atomic E-state index is 0.00135. The monoisotopic (exact) mass is 472 g/mol. The summed E-state index contributed by atoms with van der Waals surface area (Å²) in [4.78, 5) is 30.4. The normalized spacial score (nSPS) is 13.3. The molecule has 1 aromatic heterocycles. The summed E-state index contributed by atoms with van der Waals surface area (Å²) in [7, 11) is -2.32. The fraction of sp³-hybridized carbons (Fsp3) is 0.227. The van der Waals surface area contributed by atoms with Gasteiger partial charge in [0, 0.05) is 49.9 Å². The number of rotatable bonds is 5. The van der Waals surface area contributed by atoms with Crippen LogP contribution >= 0.6 is 0 Å². The van der Waals surface area contributed by atoms with Crippen LogP contribution in [-0.4, -0.2) is 48.5 Å². The second kappa shape index (κ2) is 8.00. The van der Waals surface area contributed by atoms with Crippen LogP contribution in [-0.2, 0) is 27.9 Å². The van der Waals surface area contributed by atoms with Crippen molar-refractivity contribution in [1.29, 1.82) is 0 Å². The summed E-state index contributed by atoms with van der Waals surface area (Å²) < 4.78 is 39.5. The number of benzene rings is 2. The molecule has 2 aromatic carbocycles. The van der Waals surface area contributed by atoms with E-state index in [9.17, 15) is 27.5 Å². The maximum atomic E-state index is 13.7. The molecule has 33 heavy (non-hydrogen) atoms. The first-order chi connectivity index (χ1) is 15.5. The molecule has 0 fully saturated rings. The molecule has 9 nitrogen and oxygen atoms in total. The highest BCUT2D eigenvalue weighted by atomic mass is 32.2. The van der Waals surface area contributed by atoms with Gasteiger partial charge < -0.3 is 15.3 Å². The number of sulfonamides is 1. The maximum Gasteiger partial charge on any atom is 0.258 e. The van der Waals surface area contributed by atoms with Gasteiger partial charge in [0.15, 0.2) is 5.75 Å². The molecular weight excluding hydrogens is 451 g/mol. The Hall–Kier alpha value is -3.73. The molecule has 2 N–H and O–H groups in total. The van der Waals surface area contributed by atoms with Crippen LogP contribution in [0, 0.1) is 5.82 Å². The highest BCUT2D eigenvalue weighted by molar-refractivity contribution is 7.92. The molecule has 11 heteroatoms. The van der Waals surface area contributed by atoms with Gasteiger partial charge in [0.1, 0.15) is 11.3 Å². The largest absolute Gasteiger partial charge is 0.505 e. The standard InChI is InChI=1S/C22H21FN4O5S/c1-12(28)25-17-9-14(23)7-6-13(17)10-27-11-16-18(22(27)30)21(29)19-15(5-4-8-24-19)20(16)26(2)33(3,31)32/h4-9,29H,10-11H2,1-3H3,(H,25,28). The summed E-state index contributed by atoms with van der Waals surface area (Å²) in [5.74, 6) is -1.81. The lowest BCUT2D eigenvalue weighted by Gasteiger charge is -2.22. The molecule has 0 saturated heterocycles. The summed E-state index contributed by atoms with van der Waals surface area (Å²) in [6.45, 7) is 1.28. The maximum absolute atomic E-state index is 13.7. The summed E-state index contributed by atoms with van der Waals surface area (Å²) in [5, 5.41) is 13.8. The van der Waals surface area contributed by atoms with Crippen LogP contribution in [0.1, 0.15) is 28.4 Å². The van der Waals surface area contributed by atoms with Crippen LogP contribution in [0.25, 0.3) is 10.9 Å². The second-order valence-corrected chi connectivity index (χ2v) is 9.84. The highest BCUT2D eigenvalue weighted by Crippen LogP contribution is 2.44. The number of amides is 2. The molecular formula is C22H21FN4O5S. The van der Waals surface area contributed by atoms with Crippen molar-refractivity contribution in [2.45, 2.75) is 20.0 Å². The lowest BCUT2D eigenvalue weighted by atomic mass is 10.0. The molecule has 3 aromatic rings. The lowest BCUT2D eigenvalue weighted by molar-refractivity contribution is -0.114. The summed E-state index contributed by atoms with van der Waals surface area (Å²) in [6, 6.07) is 7.07. The molecule has 0 atom stereocenters. The average Bonchev–Trinajstić information content (AvgIpc) is 3.05. The van der Waals surface area contributed by atoms with E-state index in [1.54, 1.807) is 12.1 Å². The number of phenols is 1. The van der Waals surface area contributed by atoms with E-state index in [4.69, 9.17) is 0 Å². The van der Waals surface area contributed by atoms with Crippen molar-refractivity contribution in [2.24, 2.45) is 0 Å². The van der Waals surface area contributed by atoms with Crippen LogP contribution < -0.4 is 9.62 Å². The molecule has 1 aliphatic heterocycles. The number of nitrogens with one attached hydrogen (secondary N) is 1. The van der Waals surface area contributed by atoms with Gasteiger partial charge in [-0.1, -0.05) is 6.07 Å². The van der Waals surface area contributed by atoms with Crippen molar-refractivity contribution < 1.29 is 27.5 Å². The van der Waals surface area contributed by atoms with Crippen molar-refractivity contribution in [3.63, 3.8) is 0 Å². The Bertz CT molecular complexity index is 1420. The van der Waals surface area contributed by atoms with Gasteiger partial charge in [0.25, 0.3) is 5.91 Å². The van der Waals surface area contributed by atoms with Gasteiger partial charge in [-0.15, -0.1) is 0 Å². The Kier molecular flexibility index (Phi) is 5.44. The molecule has 0 radical (unpaired) electrons. The number of pyridine rings is 1. The molecule has 0 spiro atoms. The van der Waals surface area contributed by atoms with E-state index in [0.29, 0.717) is 16.5 Å². The minimum atomic E-state index is -3.70. The average molecular weight is 472 g/mol. The van der Waals surface area contributed by atoms with Crippen LogP contribution in [0.15, 0.2) is 36.5 Å². The summed E-state index contributed by atoms with van der Waals surface area (Å²) in [5.41, 5.74) is 1.37. The molecule has 0 saturated carbocycles. The molecule has 0 unspecified atom stereocenters. The number of aromatic nitrogens is 1. The van der Waals surface area contributed by atoms with Crippen LogP contribution in [0.5, 0.6) is 5.75 Å². The Morgan fingerprint density at radius 1 is 1.33 bits per heavy atom. The van der Waals surface area contributed by atoms with E-state index >= 15 is 0 Å². The molecule has 4 rings (SSSR count). The Morgan fingerprint density at radius 2 is 2.06 bits per heavy atom. The summed E-state index contributed by atoms with van der Waals surface area (Å²) >= 11 is 0. The van der Waals surface area contributed by atoms with Crippen molar-refractivity contribution in [3.8, 4) is 5.75 Å². The third-order valence-electron chi connectivity index (χ3n) is 5.52. The fourth-order valence-electron chi connectivity index (χ4n) is 3.98. The predicted molar refractivity (Wildman–Crippen MR) is 121 cm³/mol. The number of hydrogen-bond donors (Lipinski definition) is 2. The van der Waals surface area contributed by atoms with Gasteiger partial charge in [-0.2, -0.15) is 0 Å². The number of carbonyl (C=O) groups is 2. The molecule has 2 amide bonds. The number of fused-ring (bicyclic) bond motifs is 2. The van der Waals surface area contributed by atoms with E-state index in [1.165, 1.54) is 37.2 Å². The van der Waals surface area contributed by atoms with Gasteiger partial charge >= 0.3 is 0 Å².